The van der Waals surface area contributed by atoms with Crippen LogP contribution in [0.2, 0.25) is 0 Å². The fourth-order valence-corrected chi connectivity index (χ4v) is 1.32. The van der Waals surface area contributed by atoms with Gasteiger partial charge in [0.2, 0.25) is 0 Å². The summed E-state index contributed by atoms with van der Waals surface area (Å²) in [4.78, 5) is 3.95. The molecule has 0 aliphatic carbocycles. The molecule has 76 valence electrons. The second-order valence-corrected chi connectivity index (χ2v) is 4.03. The van der Waals surface area contributed by atoms with Crippen LogP contribution >= 0.6 is 15.9 Å². The Kier molecular flexibility index (Phi) is 4.10. The molecule has 1 aromatic rings. The van der Waals surface area contributed by atoms with Crippen LogP contribution in [0.3, 0.4) is 0 Å². The normalized spacial score (nSPS) is 13.4. The van der Waals surface area contributed by atoms with Gasteiger partial charge >= 0.3 is 0 Å². The Morgan fingerprint density at radius 2 is 2.36 bits per heavy atom. The largest absolute Gasteiger partial charge is 0.506 e. The number of hydrogen-bond donors (Lipinski definition) is 2. The van der Waals surface area contributed by atoms with E-state index in [1.54, 1.807) is 12.4 Å². The van der Waals surface area contributed by atoms with E-state index in [-0.39, 0.29) is 11.8 Å². The molecule has 3 N–H and O–H groups in total. The van der Waals surface area contributed by atoms with Crippen molar-refractivity contribution in [3.8, 4) is 5.75 Å². The summed E-state index contributed by atoms with van der Waals surface area (Å²) in [6.07, 6.45) is 7.69. The van der Waals surface area contributed by atoms with Crippen LogP contribution in [0.4, 0.5) is 0 Å². The first kappa shape index (κ1) is 11.2. The van der Waals surface area contributed by atoms with Gasteiger partial charge in [0.05, 0.1) is 4.47 Å². The molecular formula is C10H13BrN2O. The summed E-state index contributed by atoms with van der Waals surface area (Å²) in [5.74, 6) is 0.209. The molecule has 1 rings (SSSR count). The average molecular weight is 257 g/mol. The molecule has 0 saturated carbocycles. The molecule has 1 atom stereocenters. The fourth-order valence-electron chi connectivity index (χ4n) is 0.975. The van der Waals surface area contributed by atoms with E-state index in [1.165, 1.54) is 0 Å². The van der Waals surface area contributed by atoms with Crippen molar-refractivity contribution in [2.45, 2.75) is 19.4 Å². The van der Waals surface area contributed by atoms with Gasteiger partial charge < -0.3 is 10.8 Å². The topological polar surface area (TPSA) is 59.1 Å². The lowest BCUT2D eigenvalue weighted by Gasteiger charge is -2.01. The SMILES string of the molecule is CC(N)CC=Cc1cncc(Br)c1O. The van der Waals surface area contributed by atoms with Gasteiger partial charge in [0.1, 0.15) is 5.75 Å². The third kappa shape index (κ3) is 3.12. The van der Waals surface area contributed by atoms with E-state index < -0.39 is 0 Å². The van der Waals surface area contributed by atoms with Gasteiger partial charge in [-0.2, -0.15) is 0 Å². The minimum absolute atomic E-state index is 0.133. The molecule has 0 bridgehead atoms. The summed E-state index contributed by atoms with van der Waals surface area (Å²) >= 11 is 3.20. The lowest BCUT2D eigenvalue weighted by molar-refractivity contribution is 0.469. The standard InChI is InChI=1S/C10H13BrN2O/c1-7(12)3-2-4-8-5-13-6-9(11)10(8)14/h2,4-7H,3,12H2,1H3,(H,13,14). The number of aromatic hydroxyl groups is 1. The van der Waals surface area contributed by atoms with E-state index in [1.807, 2.05) is 19.1 Å². The minimum atomic E-state index is 0.133. The zero-order valence-corrected chi connectivity index (χ0v) is 9.53. The highest BCUT2D eigenvalue weighted by molar-refractivity contribution is 9.10. The van der Waals surface area contributed by atoms with Crippen LogP contribution in [0.15, 0.2) is 22.9 Å². The quantitative estimate of drug-likeness (QED) is 0.873. The van der Waals surface area contributed by atoms with Crippen molar-refractivity contribution >= 4 is 22.0 Å². The second kappa shape index (κ2) is 5.12. The van der Waals surface area contributed by atoms with Crippen LogP contribution in [0.1, 0.15) is 18.9 Å². The van der Waals surface area contributed by atoms with Crippen LogP contribution < -0.4 is 5.73 Å². The Labute approximate surface area is 91.8 Å². The van der Waals surface area contributed by atoms with Crippen molar-refractivity contribution in [2.24, 2.45) is 5.73 Å². The first-order chi connectivity index (χ1) is 6.61. The molecule has 14 heavy (non-hydrogen) atoms. The Bertz CT molecular complexity index is 337. The zero-order chi connectivity index (χ0) is 10.6. The van der Waals surface area contributed by atoms with Crippen molar-refractivity contribution in [3.05, 3.63) is 28.5 Å². The smallest absolute Gasteiger partial charge is 0.140 e. The molecule has 0 aliphatic rings. The van der Waals surface area contributed by atoms with E-state index in [2.05, 4.69) is 20.9 Å². The number of nitrogens with two attached hydrogens (primary N) is 1. The van der Waals surface area contributed by atoms with Crippen LogP contribution in [-0.2, 0) is 0 Å². The van der Waals surface area contributed by atoms with E-state index >= 15 is 0 Å². The molecule has 1 heterocycles. The summed E-state index contributed by atoms with van der Waals surface area (Å²) in [6, 6.07) is 0.133. The van der Waals surface area contributed by atoms with Crippen molar-refractivity contribution in [1.29, 1.82) is 0 Å². The number of rotatable bonds is 3. The maximum absolute atomic E-state index is 9.59. The average Bonchev–Trinajstić information content (AvgIpc) is 2.12. The molecule has 3 nitrogen and oxygen atoms in total. The molecule has 0 amide bonds. The third-order valence-corrected chi connectivity index (χ3v) is 2.29. The van der Waals surface area contributed by atoms with Crippen molar-refractivity contribution in [2.75, 3.05) is 0 Å². The Morgan fingerprint density at radius 3 is 3.00 bits per heavy atom. The molecule has 0 fully saturated rings. The minimum Gasteiger partial charge on any atom is -0.506 e. The molecule has 4 heteroatoms. The van der Waals surface area contributed by atoms with E-state index in [0.29, 0.717) is 10.0 Å². The highest BCUT2D eigenvalue weighted by Gasteiger charge is 2.01. The van der Waals surface area contributed by atoms with Crippen LogP contribution in [-0.4, -0.2) is 16.1 Å². The van der Waals surface area contributed by atoms with Gasteiger partial charge in [-0.05, 0) is 29.3 Å². The number of nitrogens with zero attached hydrogens (tertiary/aromatic N) is 1. The summed E-state index contributed by atoms with van der Waals surface area (Å²) in [5, 5.41) is 9.59. The Morgan fingerprint density at radius 1 is 1.64 bits per heavy atom. The van der Waals surface area contributed by atoms with Gasteiger partial charge in [-0.3, -0.25) is 4.98 Å². The molecule has 0 spiro atoms. The lowest BCUT2D eigenvalue weighted by Crippen LogP contribution is -2.12. The van der Waals surface area contributed by atoms with Crippen LogP contribution in [0.25, 0.3) is 6.08 Å². The lowest BCUT2D eigenvalue weighted by atomic mass is 10.2. The number of pyridine rings is 1. The van der Waals surface area contributed by atoms with Crippen molar-refractivity contribution in [3.63, 3.8) is 0 Å². The van der Waals surface area contributed by atoms with Gasteiger partial charge in [0.15, 0.2) is 0 Å². The Balaban J connectivity index is 2.76. The second-order valence-electron chi connectivity index (χ2n) is 3.17. The van der Waals surface area contributed by atoms with Crippen LogP contribution in [0, 0.1) is 0 Å². The predicted molar refractivity (Wildman–Crippen MR) is 60.9 cm³/mol. The zero-order valence-electron chi connectivity index (χ0n) is 7.94. The highest BCUT2D eigenvalue weighted by Crippen LogP contribution is 2.26. The Hall–Kier alpha value is -0.870. The fraction of sp³-hybridized carbons (Fsp3) is 0.300. The number of halogens is 1. The summed E-state index contributed by atoms with van der Waals surface area (Å²) < 4.78 is 0.598. The van der Waals surface area contributed by atoms with E-state index in [9.17, 15) is 5.11 Å². The molecule has 0 aliphatic heterocycles. The first-order valence-corrected chi connectivity index (χ1v) is 5.15. The van der Waals surface area contributed by atoms with Crippen molar-refractivity contribution < 1.29 is 5.11 Å². The van der Waals surface area contributed by atoms with Gasteiger partial charge in [-0.1, -0.05) is 12.2 Å². The van der Waals surface area contributed by atoms with E-state index in [4.69, 9.17) is 5.73 Å². The predicted octanol–water partition coefficient (Wildman–Crippen LogP) is 2.30. The third-order valence-electron chi connectivity index (χ3n) is 1.71. The first-order valence-electron chi connectivity index (χ1n) is 4.36. The van der Waals surface area contributed by atoms with Gasteiger partial charge in [-0.25, -0.2) is 0 Å². The van der Waals surface area contributed by atoms with Crippen LogP contribution in [0.5, 0.6) is 5.75 Å². The van der Waals surface area contributed by atoms with Gasteiger partial charge in [0, 0.05) is 24.0 Å². The number of aromatic nitrogens is 1. The van der Waals surface area contributed by atoms with Gasteiger partial charge in [0.25, 0.3) is 0 Å². The molecule has 0 aromatic carbocycles. The summed E-state index contributed by atoms with van der Waals surface area (Å²) in [7, 11) is 0. The monoisotopic (exact) mass is 256 g/mol. The maximum atomic E-state index is 9.59. The molecular weight excluding hydrogens is 244 g/mol. The molecule has 1 unspecified atom stereocenters. The number of hydrogen-bond acceptors (Lipinski definition) is 3. The van der Waals surface area contributed by atoms with Crippen molar-refractivity contribution in [1.82, 2.24) is 4.98 Å². The highest BCUT2D eigenvalue weighted by atomic mass is 79.9. The molecule has 0 saturated heterocycles. The maximum Gasteiger partial charge on any atom is 0.140 e. The van der Waals surface area contributed by atoms with Gasteiger partial charge in [-0.15, -0.1) is 0 Å². The molecule has 1 aromatic heterocycles. The summed E-state index contributed by atoms with van der Waals surface area (Å²) in [5.41, 5.74) is 6.28. The van der Waals surface area contributed by atoms with E-state index in [0.717, 1.165) is 6.42 Å². The molecule has 0 radical (unpaired) electrons. The summed E-state index contributed by atoms with van der Waals surface area (Å²) in [6.45, 7) is 1.93.